The van der Waals surface area contributed by atoms with Crippen LogP contribution in [0.15, 0.2) is 0 Å². The minimum Gasteiger partial charge on any atom is -0.327 e. The smallest absolute Gasteiger partial charge is 0.282 e. The SMILES string of the molecule is CCCOC(CCCI)(OCCC)OCCC. The fourth-order valence-electron chi connectivity index (χ4n) is 1.40. The number of rotatable bonds is 12. The van der Waals surface area contributed by atoms with Gasteiger partial charge in [0.1, 0.15) is 0 Å². The molecule has 0 aliphatic heterocycles. The maximum atomic E-state index is 5.84. The molecule has 0 aromatic heterocycles. The van der Waals surface area contributed by atoms with Gasteiger partial charge in [0, 0.05) is 6.42 Å². The van der Waals surface area contributed by atoms with Crippen LogP contribution in [0, 0.1) is 0 Å². The number of halogens is 1. The van der Waals surface area contributed by atoms with Gasteiger partial charge in [-0.3, -0.25) is 0 Å². The molecule has 4 heteroatoms. The Morgan fingerprint density at radius 2 is 1.24 bits per heavy atom. The molecule has 0 heterocycles. The summed E-state index contributed by atoms with van der Waals surface area (Å²) in [4.78, 5) is 0. The standard InChI is InChI=1S/C13H27IO3/c1-4-10-15-13(8-7-9-14,16-11-5-2)17-12-6-3/h4-12H2,1-3H3. The van der Waals surface area contributed by atoms with Crippen LogP contribution in [0.25, 0.3) is 0 Å². The molecule has 0 aromatic rings. The predicted molar refractivity (Wildman–Crippen MR) is 79.6 cm³/mol. The van der Waals surface area contributed by atoms with Gasteiger partial charge in [-0.15, -0.1) is 0 Å². The van der Waals surface area contributed by atoms with E-state index in [1.165, 1.54) is 0 Å². The molecule has 0 amide bonds. The molecular formula is C13H27IO3. The van der Waals surface area contributed by atoms with Gasteiger partial charge in [-0.25, -0.2) is 0 Å². The molecule has 0 spiro atoms. The van der Waals surface area contributed by atoms with E-state index in [-0.39, 0.29) is 0 Å². The summed E-state index contributed by atoms with van der Waals surface area (Å²) in [6.07, 6.45) is 4.82. The lowest BCUT2D eigenvalue weighted by atomic mass is 10.3. The second-order valence-corrected chi connectivity index (χ2v) is 5.10. The van der Waals surface area contributed by atoms with Gasteiger partial charge in [-0.1, -0.05) is 43.4 Å². The van der Waals surface area contributed by atoms with Crippen LogP contribution in [0.3, 0.4) is 0 Å². The van der Waals surface area contributed by atoms with E-state index in [4.69, 9.17) is 14.2 Å². The fourth-order valence-corrected chi connectivity index (χ4v) is 1.78. The Kier molecular flexibility index (Phi) is 12.1. The summed E-state index contributed by atoms with van der Waals surface area (Å²) in [6.45, 7) is 8.37. The van der Waals surface area contributed by atoms with Crippen LogP contribution in [-0.2, 0) is 14.2 Å². The van der Waals surface area contributed by atoms with Crippen molar-refractivity contribution >= 4 is 22.6 Å². The van der Waals surface area contributed by atoms with Gasteiger partial charge in [0.25, 0.3) is 5.97 Å². The third-order valence-corrected chi connectivity index (χ3v) is 2.96. The number of hydrogen-bond acceptors (Lipinski definition) is 3. The van der Waals surface area contributed by atoms with E-state index in [0.717, 1.165) is 36.5 Å². The van der Waals surface area contributed by atoms with Crippen LogP contribution >= 0.6 is 22.6 Å². The quantitative estimate of drug-likeness (QED) is 0.298. The van der Waals surface area contributed by atoms with Crippen molar-refractivity contribution in [1.29, 1.82) is 0 Å². The third kappa shape index (κ3) is 8.35. The van der Waals surface area contributed by atoms with E-state index in [1.54, 1.807) is 0 Å². The summed E-state index contributed by atoms with van der Waals surface area (Å²) < 4.78 is 18.6. The maximum absolute atomic E-state index is 5.84. The summed E-state index contributed by atoms with van der Waals surface area (Å²) >= 11 is 2.37. The molecule has 0 rings (SSSR count). The first-order valence-electron chi connectivity index (χ1n) is 6.72. The van der Waals surface area contributed by atoms with Crippen LogP contribution in [0.1, 0.15) is 52.9 Å². The Hall–Kier alpha value is 0.610. The highest BCUT2D eigenvalue weighted by atomic mass is 127. The molecule has 104 valence electrons. The molecular weight excluding hydrogens is 331 g/mol. The summed E-state index contributed by atoms with van der Waals surface area (Å²) in [5.74, 6) is -0.798. The minimum absolute atomic E-state index is 0.689. The Bertz CT molecular complexity index is 127. The van der Waals surface area contributed by atoms with Crippen molar-refractivity contribution in [2.45, 2.75) is 58.8 Å². The molecule has 0 aromatic carbocycles. The number of hydrogen-bond donors (Lipinski definition) is 0. The van der Waals surface area contributed by atoms with Crippen molar-refractivity contribution < 1.29 is 14.2 Å². The fraction of sp³-hybridized carbons (Fsp3) is 1.00. The molecule has 0 saturated carbocycles. The van der Waals surface area contributed by atoms with Crippen LogP contribution in [-0.4, -0.2) is 30.2 Å². The summed E-state index contributed by atoms with van der Waals surface area (Å²) in [6, 6.07) is 0. The third-order valence-electron chi connectivity index (χ3n) is 2.19. The molecule has 0 aliphatic carbocycles. The minimum atomic E-state index is -0.798. The molecule has 0 N–H and O–H groups in total. The second-order valence-electron chi connectivity index (χ2n) is 4.02. The van der Waals surface area contributed by atoms with Crippen LogP contribution in [0.5, 0.6) is 0 Å². The Morgan fingerprint density at radius 3 is 1.53 bits per heavy atom. The van der Waals surface area contributed by atoms with Crippen molar-refractivity contribution in [2.75, 3.05) is 24.2 Å². The zero-order chi connectivity index (χ0) is 13.0. The molecule has 0 fully saturated rings. The Balaban J connectivity index is 4.39. The summed E-state index contributed by atoms with van der Waals surface area (Å²) in [7, 11) is 0. The van der Waals surface area contributed by atoms with E-state index in [9.17, 15) is 0 Å². The van der Waals surface area contributed by atoms with E-state index in [1.807, 2.05) is 0 Å². The van der Waals surface area contributed by atoms with E-state index >= 15 is 0 Å². The first-order chi connectivity index (χ1) is 8.24. The van der Waals surface area contributed by atoms with Gasteiger partial charge in [-0.05, 0) is 30.1 Å². The van der Waals surface area contributed by atoms with Crippen molar-refractivity contribution in [2.24, 2.45) is 0 Å². The first-order valence-corrected chi connectivity index (χ1v) is 8.25. The molecule has 17 heavy (non-hydrogen) atoms. The largest absolute Gasteiger partial charge is 0.327 e. The lowest BCUT2D eigenvalue weighted by Gasteiger charge is -2.33. The van der Waals surface area contributed by atoms with Gasteiger partial charge in [-0.2, -0.15) is 0 Å². The van der Waals surface area contributed by atoms with E-state index in [0.29, 0.717) is 19.8 Å². The molecule has 0 bridgehead atoms. The predicted octanol–water partition coefficient (Wildman–Crippen LogP) is 4.14. The normalized spacial score (nSPS) is 12.0. The van der Waals surface area contributed by atoms with Gasteiger partial charge in [0.15, 0.2) is 0 Å². The summed E-state index contributed by atoms with van der Waals surface area (Å²) in [5, 5.41) is 0. The topological polar surface area (TPSA) is 27.7 Å². The molecule has 0 atom stereocenters. The van der Waals surface area contributed by atoms with Crippen molar-refractivity contribution in [3.05, 3.63) is 0 Å². The number of ether oxygens (including phenoxy) is 3. The van der Waals surface area contributed by atoms with Gasteiger partial charge < -0.3 is 14.2 Å². The Morgan fingerprint density at radius 1 is 0.824 bits per heavy atom. The highest BCUT2D eigenvalue weighted by Gasteiger charge is 2.32. The molecule has 0 radical (unpaired) electrons. The van der Waals surface area contributed by atoms with Gasteiger partial charge >= 0.3 is 0 Å². The van der Waals surface area contributed by atoms with Gasteiger partial charge in [0.2, 0.25) is 0 Å². The Labute approximate surface area is 120 Å². The van der Waals surface area contributed by atoms with E-state index in [2.05, 4.69) is 43.4 Å². The average molecular weight is 358 g/mol. The molecule has 3 nitrogen and oxygen atoms in total. The van der Waals surface area contributed by atoms with Crippen molar-refractivity contribution in [1.82, 2.24) is 0 Å². The lowest BCUT2D eigenvalue weighted by molar-refractivity contribution is -0.383. The lowest BCUT2D eigenvalue weighted by Crippen LogP contribution is -2.40. The summed E-state index contributed by atoms with van der Waals surface area (Å²) in [5.41, 5.74) is 0. The maximum Gasteiger partial charge on any atom is 0.282 e. The zero-order valence-electron chi connectivity index (χ0n) is 11.5. The molecule has 0 aliphatic rings. The molecule has 0 saturated heterocycles. The van der Waals surface area contributed by atoms with Gasteiger partial charge in [0.05, 0.1) is 19.8 Å². The van der Waals surface area contributed by atoms with Crippen LogP contribution in [0.2, 0.25) is 0 Å². The monoisotopic (exact) mass is 358 g/mol. The van der Waals surface area contributed by atoms with Crippen LogP contribution in [0.4, 0.5) is 0 Å². The first kappa shape index (κ1) is 17.6. The molecule has 0 unspecified atom stereocenters. The second kappa shape index (κ2) is 11.7. The average Bonchev–Trinajstić information content (AvgIpc) is 2.37. The van der Waals surface area contributed by atoms with Crippen molar-refractivity contribution in [3.63, 3.8) is 0 Å². The van der Waals surface area contributed by atoms with E-state index < -0.39 is 5.97 Å². The highest BCUT2D eigenvalue weighted by molar-refractivity contribution is 14.1. The van der Waals surface area contributed by atoms with Crippen molar-refractivity contribution in [3.8, 4) is 0 Å². The van der Waals surface area contributed by atoms with Crippen LogP contribution < -0.4 is 0 Å². The zero-order valence-corrected chi connectivity index (χ0v) is 13.6. The highest BCUT2D eigenvalue weighted by Crippen LogP contribution is 2.24. The number of alkyl halides is 1.